The molecule has 0 aromatic rings. The lowest BCUT2D eigenvalue weighted by atomic mass is 10.6. The van der Waals surface area contributed by atoms with Crippen molar-refractivity contribution in [2.75, 3.05) is 21.3 Å². The maximum Gasteiger partial charge on any atom is 0.503 e. The molecule has 0 aromatic heterocycles. The molecule has 0 rings (SSSR count). The molecule has 0 saturated carbocycles. The minimum Gasteiger partial charge on any atom is -0.377 e. The van der Waals surface area contributed by atoms with E-state index >= 15 is 0 Å². The molecule has 0 aliphatic carbocycles. The Bertz CT molecular complexity index is 99.6. The maximum absolute atomic E-state index is 5.38. The first kappa shape index (κ1) is 11.0. The van der Waals surface area contributed by atoms with Crippen molar-refractivity contribution < 1.29 is 13.3 Å². The lowest BCUT2D eigenvalue weighted by Gasteiger charge is -2.25. The Hall–Kier alpha value is 0.0169. The highest BCUT2D eigenvalue weighted by Gasteiger charge is 2.38. The quantitative estimate of drug-likeness (QED) is 0.424. The van der Waals surface area contributed by atoms with E-state index in [-0.39, 0.29) is 0 Å². The molecule has 4 N–H and O–H groups in total. The van der Waals surface area contributed by atoms with E-state index in [2.05, 4.69) is 0 Å². The number of rotatable bonds is 5. The molecular formula is C5H16N2O3Si. The van der Waals surface area contributed by atoms with Crippen molar-refractivity contribution in [1.82, 2.24) is 0 Å². The average molecular weight is 180 g/mol. The van der Waals surface area contributed by atoms with Crippen LogP contribution >= 0.6 is 0 Å². The van der Waals surface area contributed by atoms with Gasteiger partial charge >= 0.3 is 8.80 Å². The summed E-state index contributed by atoms with van der Waals surface area (Å²) in [5.74, 6) is 0. The van der Waals surface area contributed by atoms with E-state index in [1.807, 2.05) is 0 Å². The third kappa shape index (κ3) is 3.28. The fourth-order valence-corrected chi connectivity index (χ4v) is 2.37. The van der Waals surface area contributed by atoms with Gasteiger partial charge in [-0.25, -0.2) is 0 Å². The van der Waals surface area contributed by atoms with Crippen LogP contribution in [-0.4, -0.2) is 36.3 Å². The number of nitrogens with two attached hydrogens (primary N) is 2. The third-order valence-electron chi connectivity index (χ3n) is 1.42. The second kappa shape index (κ2) is 4.81. The SMILES string of the molecule is CO[Si](CC(N)N)(OC)OC. The predicted octanol–water partition coefficient (Wildman–Crippen LogP) is -0.892. The van der Waals surface area contributed by atoms with Gasteiger partial charge in [0, 0.05) is 27.4 Å². The van der Waals surface area contributed by atoms with Crippen LogP contribution < -0.4 is 11.5 Å². The average Bonchev–Trinajstić information content (AvgIpc) is 2.00. The highest BCUT2D eigenvalue weighted by atomic mass is 28.4. The van der Waals surface area contributed by atoms with E-state index in [0.717, 1.165) is 0 Å². The Kier molecular flexibility index (Phi) is 4.81. The summed E-state index contributed by atoms with van der Waals surface area (Å²) in [6, 6.07) is 0.427. The van der Waals surface area contributed by atoms with Gasteiger partial charge in [-0.1, -0.05) is 0 Å². The van der Waals surface area contributed by atoms with Gasteiger partial charge in [0.1, 0.15) is 0 Å². The summed E-state index contributed by atoms with van der Waals surface area (Å²) in [6.07, 6.45) is -0.457. The molecule has 6 heteroatoms. The molecule has 0 radical (unpaired) electrons. The van der Waals surface area contributed by atoms with E-state index in [1.54, 1.807) is 0 Å². The molecule has 0 atom stereocenters. The van der Waals surface area contributed by atoms with E-state index < -0.39 is 15.0 Å². The van der Waals surface area contributed by atoms with Gasteiger partial charge in [-0.05, 0) is 0 Å². The van der Waals surface area contributed by atoms with Crippen LogP contribution in [0.5, 0.6) is 0 Å². The van der Waals surface area contributed by atoms with Gasteiger partial charge < -0.3 is 24.7 Å². The van der Waals surface area contributed by atoms with E-state index in [1.165, 1.54) is 21.3 Å². The van der Waals surface area contributed by atoms with Crippen molar-refractivity contribution in [3.63, 3.8) is 0 Å². The minimum atomic E-state index is -2.53. The first-order valence-corrected chi connectivity index (χ1v) is 5.20. The van der Waals surface area contributed by atoms with Crippen LogP contribution in [0.1, 0.15) is 0 Å². The molecule has 0 amide bonds. The van der Waals surface area contributed by atoms with Crippen molar-refractivity contribution in [3.8, 4) is 0 Å². The molecule has 11 heavy (non-hydrogen) atoms. The van der Waals surface area contributed by atoms with Crippen LogP contribution in [0.4, 0.5) is 0 Å². The van der Waals surface area contributed by atoms with E-state index in [0.29, 0.717) is 6.04 Å². The van der Waals surface area contributed by atoms with Crippen LogP contribution in [-0.2, 0) is 13.3 Å². The predicted molar refractivity (Wildman–Crippen MR) is 43.8 cm³/mol. The lowest BCUT2D eigenvalue weighted by Crippen LogP contribution is -2.49. The molecule has 0 heterocycles. The summed E-state index contributed by atoms with van der Waals surface area (Å²) in [6.45, 7) is 0. The first-order chi connectivity index (χ1) is 5.10. The third-order valence-corrected chi connectivity index (χ3v) is 4.26. The molecule has 0 aliphatic heterocycles. The Morgan fingerprint density at radius 2 is 1.45 bits per heavy atom. The zero-order chi connectivity index (χ0) is 8.91. The van der Waals surface area contributed by atoms with Crippen LogP contribution in [0.25, 0.3) is 0 Å². The Morgan fingerprint density at radius 1 is 1.09 bits per heavy atom. The van der Waals surface area contributed by atoms with Gasteiger partial charge in [-0.15, -0.1) is 0 Å². The first-order valence-electron chi connectivity index (χ1n) is 3.27. The molecule has 68 valence electrons. The Morgan fingerprint density at radius 3 is 1.55 bits per heavy atom. The zero-order valence-corrected chi connectivity index (χ0v) is 8.16. The second-order valence-electron chi connectivity index (χ2n) is 2.16. The molecule has 0 aromatic carbocycles. The molecule has 0 aliphatic rings. The molecular weight excluding hydrogens is 164 g/mol. The van der Waals surface area contributed by atoms with Crippen LogP contribution in [0.3, 0.4) is 0 Å². The van der Waals surface area contributed by atoms with E-state index in [4.69, 9.17) is 24.7 Å². The van der Waals surface area contributed by atoms with Crippen molar-refractivity contribution >= 4 is 8.80 Å². The van der Waals surface area contributed by atoms with Crippen LogP contribution in [0, 0.1) is 0 Å². The monoisotopic (exact) mass is 180 g/mol. The molecule has 0 spiro atoms. The highest BCUT2D eigenvalue weighted by Crippen LogP contribution is 2.11. The standard InChI is InChI=1S/C5H16N2O3Si/c1-8-11(9-2,10-3)4-5(6)7/h5H,4,6-7H2,1-3H3. The molecule has 0 unspecified atom stereocenters. The molecule has 5 nitrogen and oxygen atoms in total. The molecule has 0 fully saturated rings. The fourth-order valence-electron chi connectivity index (χ4n) is 0.789. The molecule has 0 saturated heterocycles. The van der Waals surface area contributed by atoms with Crippen molar-refractivity contribution in [2.24, 2.45) is 11.5 Å². The normalized spacial score (nSPS) is 12.5. The maximum atomic E-state index is 5.38. The summed E-state index contributed by atoms with van der Waals surface area (Å²) in [7, 11) is 2.06. The largest absolute Gasteiger partial charge is 0.503 e. The summed E-state index contributed by atoms with van der Waals surface area (Å²) in [5, 5.41) is 0. The fraction of sp³-hybridized carbons (Fsp3) is 1.00. The van der Waals surface area contributed by atoms with Crippen LogP contribution in [0.2, 0.25) is 6.04 Å². The van der Waals surface area contributed by atoms with Gasteiger partial charge in [0.25, 0.3) is 0 Å². The van der Waals surface area contributed by atoms with Gasteiger partial charge in [0.2, 0.25) is 0 Å². The van der Waals surface area contributed by atoms with Gasteiger partial charge in [-0.3, -0.25) is 0 Å². The summed E-state index contributed by atoms with van der Waals surface area (Å²) in [5.41, 5.74) is 10.8. The number of hydrogen-bond acceptors (Lipinski definition) is 5. The van der Waals surface area contributed by atoms with Gasteiger partial charge in [0.05, 0.1) is 6.17 Å². The van der Waals surface area contributed by atoms with Gasteiger partial charge in [-0.2, -0.15) is 0 Å². The summed E-state index contributed by atoms with van der Waals surface area (Å²) in [4.78, 5) is 0. The van der Waals surface area contributed by atoms with Crippen LogP contribution in [0.15, 0.2) is 0 Å². The minimum absolute atomic E-state index is 0.427. The smallest absolute Gasteiger partial charge is 0.377 e. The zero-order valence-electron chi connectivity index (χ0n) is 7.16. The highest BCUT2D eigenvalue weighted by molar-refractivity contribution is 6.60. The number of hydrogen-bond donors (Lipinski definition) is 2. The Labute approximate surface area is 68.0 Å². The topological polar surface area (TPSA) is 79.7 Å². The Balaban J connectivity index is 4.05. The van der Waals surface area contributed by atoms with Crippen molar-refractivity contribution in [2.45, 2.75) is 12.2 Å². The summed E-state index contributed by atoms with van der Waals surface area (Å²) >= 11 is 0. The molecule has 0 bridgehead atoms. The second-order valence-corrected chi connectivity index (χ2v) is 5.16. The lowest BCUT2D eigenvalue weighted by molar-refractivity contribution is 0.121. The van der Waals surface area contributed by atoms with Crippen molar-refractivity contribution in [1.29, 1.82) is 0 Å². The van der Waals surface area contributed by atoms with E-state index in [9.17, 15) is 0 Å². The summed E-state index contributed by atoms with van der Waals surface area (Å²) < 4.78 is 15.2. The van der Waals surface area contributed by atoms with Gasteiger partial charge in [0.15, 0.2) is 0 Å². The van der Waals surface area contributed by atoms with Crippen molar-refractivity contribution in [3.05, 3.63) is 0 Å².